The zero-order chi connectivity index (χ0) is 19.3. The number of amides is 2. The number of fused-ring (bicyclic) bond motifs is 1. The molecule has 2 aromatic heterocycles. The summed E-state index contributed by atoms with van der Waals surface area (Å²) in [7, 11) is 0. The fourth-order valence-electron chi connectivity index (χ4n) is 2.54. The van der Waals surface area contributed by atoms with E-state index in [0.717, 1.165) is 22.4 Å². The number of urea groups is 1. The highest BCUT2D eigenvalue weighted by Crippen LogP contribution is 2.18. The number of anilines is 2. The van der Waals surface area contributed by atoms with E-state index >= 15 is 0 Å². The molecule has 2 N–H and O–H groups in total. The molecular weight excluding hydrogens is 378 g/mol. The van der Waals surface area contributed by atoms with Gasteiger partial charge in [0.2, 0.25) is 11.9 Å². The summed E-state index contributed by atoms with van der Waals surface area (Å²) in [5.74, 6) is -0.731. The third-order valence-electron chi connectivity index (χ3n) is 3.79. The quantitative estimate of drug-likeness (QED) is 0.521. The third-order valence-corrected chi connectivity index (χ3v) is 4.43. The number of hydrogen-bond acceptors (Lipinski definition) is 6. The van der Waals surface area contributed by atoms with Crippen molar-refractivity contribution in [1.29, 1.82) is 0 Å². The summed E-state index contributed by atoms with van der Waals surface area (Å²) < 4.78 is 5.10. The average molecular weight is 392 g/mol. The average Bonchev–Trinajstić information content (AvgIpc) is 3.17. The molecule has 138 valence electrons. The lowest BCUT2D eigenvalue weighted by Crippen LogP contribution is -2.46. The highest BCUT2D eigenvalue weighted by Gasteiger charge is 2.25. The van der Waals surface area contributed by atoms with Crippen LogP contribution < -0.4 is 20.2 Å². The number of hydrogen-bond donors (Lipinski definition) is 2. The number of benzene rings is 2. The lowest BCUT2D eigenvalue weighted by Gasteiger charge is -2.05. The minimum atomic E-state index is -0.731. The van der Waals surface area contributed by atoms with Gasteiger partial charge in [-0.1, -0.05) is 34.8 Å². The Bertz CT molecular complexity index is 1140. The van der Waals surface area contributed by atoms with E-state index in [1.807, 2.05) is 36.4 Å². The number of carbonyl (C=O) groups excluding carboxylic acids is 2. The molecule has 8 nitrogen and oxygen atoms in total. The van der Waals surface area contributed by atoms with Crippen molar-refractivity contribution in [2.75, 3.05) is 10.6 Å². The Morgan fingerprint density at radius 1 is 0.929 bits per heavy atom. The van der Waals surface area contributed by atoms with Gasteiger partial charge in [0.15, 0.2) is 5.00 Å². The van der Waals surface area contributed by atoms with Gasteiger partial charge >= 0.3 is 12.0 Å². The van der Waals surface area contributed by atoms with Crippen molar-refractivity contribution in [3.05, 3.63) is 78.6 Å². The van der Waals surface area contributed by atoms with Gasteiger partial charge < -0.3 is 5.32 Å². The highest BCUT2D eigenvalue weighted by molar-refractivity contribution is 7.10. The maximum Gasteiger partial charge on any atom is 0.434 e. The fraction of sp³-hybridized carbons (Fsp3) is 0. The highest BCUT2D eigenvalue weighted by atomic mass is 32.1. The molecule has 0 aliphatic carbocycles. The first-order valence-corrected chi connectivity index (χ1v) is 9.05. The molecule has 0 saturated heterocycles. The van der Waals surface area contributed by atoms with Crippen molar-refractivity contribution >= 4 is 45.1 Å². The third kappa shape index (κ3) is 3.79. The predicted molar refractivity (Wildman–Crippen MR) is 104 cm³/mol. The Morgan fingerprint density at radius 2 is 1.68 bits per heavy atom. The van der Waals surface area contributed by atoms with Gasteiger partial charge in [-0.25, -0.2) is 9.59 Å². The molecule has 0 bridgehead atoms. The summed E-state index contributed by atoms with van der Waals surface area (Å²) in [6.07, 6.45) is 1.62. The molecule has 4 aromatic rings. The van der Waals surface area contributed by atoms with Crippen LogP contribution in [-0.4, -0.2) is 21.6 Å². The van der Waals surface area contributed by atoms with Crippen molar-refractivity contribution < 1.29 is 19.2 Å². The molecule has 28 heavy (non-hydrogen) atoms. The first-order chi connectivity index (χ1) is 13.7. The van der Waals surface area contributed by atoms with Crippen LogP contribution in [-0.2, 0) is 0 Å². The van der Waals surface area contributed by atoms with Crippen LogP contribution in [0.4, 0.5) is 15.5 Å². The Hall–Kier alpha value is -3.85. The number of rotatable bonds is 4. The zero-order valence-electron chi connectivity index (χ0n) is 14.4. The van der Waals surface area contributed by atoms with Gasteiger partial charge in [-0.2, -0.15) is 4.84 Å². The van der Waals surface area contributed by atoms with Gasteiger partial charge in [0, 0.05) is 34.1 Å². The van der Waals surface area contributed by atoms with Crippen LogP contribution in [0.3, 0.4) is 0 Å². The number of nitrogens with one attached hydrogen (secondary N) is 2. The molecule has 9 heteroatoms. The van der Waals surface area contributed by atoms with Crippen molar-refractivity contribution in [2.45, 2.75) is 0 Å². The first kappa shape index (κ1) is 17.6. The van der Waals surface area contributed by atoms with E-state index in [2.05, 4.69) is 20.2 Å². The molecule has 0 aliphatic heterocycles. The van der Waals surface area contributed by atoms with Gasteiger partial charge in [-0.15, -0.1) is 5.10 Å². The smallest absolute Gasteiger partial charge is 0.308 e. The largest absolute Gasteiger partial charge is 0.434 e. The van der Waals surface area contributed by atoms with E-state index < -0.39 is 12.0 Å². The molecule has 2 heterocycles. The molecular formula is C19H14N5O3S+. The van der Waals surface area contributed by atoms with Gasteiger partial charge in [0.1, 0.15) is 0 Å². The SMILES string of the molecule is O=C(Nc1ccccc1)Nc1snnc1C(=O)O[n+]1cccc2ccccc21. The second-order valence-electron chi connectivity index (χ2n) is 5.67. The van der Waals surface area contributed by atoms with E-state index in [4.69, 9.17) is 4.84 Å². The number of nitrogens with zero attached hydrogens (tertiary/aromatic N) is 3. The topological polar surface area (TPSA) is 97.1 Å². The molecule has 4 rings (SSSR count). The van der Waals surface area contributed by atoms with Crippen LogP contribution in [0.1, 0.15) is 10.5 Å². The monoisotopic (exact) mass is 392 g/mol. The number of para-hydroxylation sites is 2. The van der Waals surface area contributed by atoms with Gasteiger partial charge in [-0.05, 0) is 24.3 Å². The Balaban J connectivity index is 1.50. The van der Waals surface area contributed by atoms with Gasteiger partial charge in [0.05, 0.1) is 5.39 Å². The first-order valence-electron chi connectivity index (χ1n) is 8.28. The van der Waals surface area contributed by atoms with Gasteiger partial charge in [0.25, 0.3) is 5.52 Å². The lowest BCUT2D eigenvalue weighted by atomic mass is 10.2. The van der Waals surface area contributed by atoms with Crippen molar-refractivity contribution in [2.24, 2.45) is 0 Å². The van der Waals surface area contributed by atoms with Crippen molar-refractivity contribution in [1.82, 2.24) is 9.59 Å². The van der Waals surface area contributed by atoms with E-state index in [-0.39, 0.29) is 10.7 Å². The Labute approximate surface area is 163 Å². The van der Waals surface area contributed by atoms with E-state index in [9.17, 15) is 9.59 Å². The molecule has 2 amide bonds. The normalized spacial score (nSPS) is 10.4. The van der Waals surface area contributed by atoms with Crippen LogP contribution >= 0.6 is 11.5 Å². The number of aromatic nitrogens is 3. The van der Waals surface area contributed by atoms with Crippen LogP contribution in [0, 0.1) is 0 Å². The van der Waals surface area contributed by atoms with Crippen LogP contribution in [0.25, 0.3) is 10.9 Å². The maximum absolute atomic E-state index is 12.6. The van der Waals surface area contributed by atoms with E-state index in [0.29, 0.717) is 5.69 Å². The molecule has 0 saturated carbocycles. The number of pyridine rings is 1. The second-order valence-corrected chi connectivity index (χ2v) is 6.42. The molecule has 0 unspecified atom stereocenters. The van der Waals surface area contributed by atoms with E-state index in [1.54, 1.807) is 36.5 Å². The van der Waals surface area contributed by atoms with Gasteiger partial charge in [-0.3, -0.25) is 5.32 Å². The van der Waals surface area contributed by atoms with E-state index in [1.165, 1.54) is 4.73 Å². The minimum absolute atomic E-state index is 0.0753. The van der Waals surface area contributed by atoms with Crippen LogP contribution in [0.5, 0.6) is 0 Å². The lowest BCUT2D eigenvalue weighted by molar-refractivity contribution is -0.847. The second kappa shape index (κ2) is 7.80. The molecule has 0 fully saturated rings. The van der Waals surface area contributed by atoms with Crippen molar-refractivity contribution in [3.8, 4) is 0 Å². The maximum atomic E-state index is 12.6. The Morgan fingerprint density at radius 3 is 2.54 bits per heavy atom. The summed E-state index contributed by atoms with van der Waals surface area (Å²) in [4.78, 5) is 30.2. The van der Waals surface area contributed by atoms with Crippen LogP contribution in [0.15, 0.2) is 72.9 Å². The van der Waals surface area contributed by atoms with Crippen molar-refractivity contribution in [3.63, 3.8) is 0 Å². The molecule has 0 radical (unpaired) electrons. The summed E-state index contributed by atoms with van der Waals surface area (Å²) >= 11 is 0.888. The zero-order valence-corrected chi connectivity index (χ0v) is 15.2. The summed E-state index contributed by atoms with van der Waals surface area (Å²) in [6, 6.07) is 19.6. The predicted octanol–water partition coefficient (Wildman–Crippen LogP) is 2.89. The molecule has 2 aromatic carbocycles. The standard InChI is InChI=1S/C19H13N5O3S/c25-18(27-24-12-6-8-13-7-4-5-11-15(13)24)16-17(28-23-22-16)21-19(26)20-14-9-2-1-3-10-14/h1-12H,(H-,20,21,23,25,26)/p+1. The minimum Gasteiger partial charge on any atom is -0.308 e. The number of carbonyl (C=O) groups is 2. The molecule has 0 spiro atoms. The Kier molecular flexibility index (Phi) is 4.89. The summed E-state index contributed by atoms with van der Waals surface area (Å²) in [5, 5.41) is 10.1. The summed E-state index contributed by atoms with van der Waals surface area (Å²) in [6.45, 7) is 0. The molecule has 0 atom stereocenters. The fourth-order valence-corrected chi connectivity index (χ4v) is 3.09. The summed E-state index contributed by atoms with van der Waals surface area (Å²) in [5.41, 5.74) is 1.26. The molecule has 0 aliphatic rings. The van der Waals surface area contributed by atoms with Crippen LogP contribution in [0.2, 0.25) is 0 Å².